The van der Waals surface area contributed by atoms with Gasteiger partial charge in [-0.2, -0.15) is 0 Å². The summed E-state index contributed by atoms with van der Waals surface area (Å²) in [4.78, 5) is 22.9. The molecular formula is C28H38F2N4O3. The number of carbonyl (C=O) groups is 1. The van der Waals surface area contributed by atoms with E-state index in [4.69, 9.17) is 4.74 Å². The maximum Gasteiger partial charge on any atom is 0.325 e. The van der Waals surface area contributed by atoms with Crippen molar-refractivity contribution in [2.75, 3.05) is 25.0 Å². The van der Waals surface area contributed by atoms with Gasteiger partial charge < -0.3 is 15.2 Å². The fourth-order valence-electron chi connectivity index (χ4n) is 5.30. The van der Waals surface area contributed by atoms with Crippen molar-refractivity contribution in [1.29, 1.82) is 0 Å². The van der Waals surface area contributed by atoms with E-state index >= 15 is 8.78 Å². The van der Waals surface area contributed by atoms with Crippen molar-refractivity contribution in [1.82, 2.24) is 14.9 Å². The molecule has 0 aromatic carbocycles. The van der Waals surface area contributed by atoms with Crippen molar-refractivity contribution in [2.45, 2.75) is 83.5 Å². The second kappa shape index (κ2) is 12.3. The zero-order valence-corrected chi connectivity index (χ0v) is 21.8. The Balaban J connectivity index is 1.32. The van der Waals surface area contributed by atoms with Gasteiger partial charge in [0.25, 0.3) is 5.92 Å². The summed E-state index contributed by atoms with van der Waals surface area (Å²) in [7, 11) is 0. The number of nitrogens with one attached hydrogen (secondary N) is 1. The third kappa shape index (κ3) is 7.02. The summed E-state index contributed by atoms with van der Waals surface area (Å²) >= 11 is 0. The normalized spacial score (nSPS) is 19.0. The number of likely N-dealkylation sites (tertiary alicyclic amines) is 1. The average molecular weight is 517 g/mol. The number of carboxylic acid groups (broad SMARTS) is 1. The number of fused-ring (bicyclic) bond motifs is 1. The molecule has 4 heterocycles. The lowest BCUT2D eigenvalue weighted by Crippen LogP contribution is -2.36. The maximum atomic E-state index is 15.2. The van der Waals surface area contributed by atoms with Gasteiger partial charge in [0.05, 0.1) is 18.4 Å². The molecule has 2 aromatic rings. The van der Waals surface area contributed by atoms with Crippen LogP contribution in [0.1, 0.15) is 74.5 Å². The fourth-order valence-corrected chi connectivity index (χ4v) is 5.30. The smallest absolute Gasteiger partial charge is 0.325 e. The molecule has 2 N–H and O–H groups in total. The number of anilines is 1. The summed E-state index contributed by atoms with van der Waals surface area (Å²) in [5.41, 5.74) is 3.19. The van der Waals surface area contributed by atoms with Crippen LogP contribution >= 0.6 is 0 Å². The molecule has 1 saturated heterocycles. The number of rotatable bonds is 12. The predicted molar refractivity (Wildman–Crippen MR) is 138 cm³/mol. The van der Waals surface area contributed by atoms with Gasteiger partial charge in [-0.15, -0.1) is 0 Å². The van der Waals surface area contributed by atoms with Gasteiger partial charge in [-0.3, -0.25) is 14.7 Å². The Kier molecular flexibility index (Phi) is 9.08. The van der Waals surface area contributed by atoms with Gasteiger partial charge in [0.2, 0.25) is 0 Å². The highest BCUT2D eigenvalue weighted by Crippen LogP contribution is 2.39. The molecular weight excluding hydrogens is 478 g/mol. The third-order valence-electron chi connectivity index (χ3n) is 7.33. The fraction of sp³-hybridized carbons (Fsp3) is 0.607. The monoisotopic (exact) mass is 516 g/mol. The molecule has 1 fully saturated rings. The predicted octanol–water partition coefficient (Wildman–Crippen LogP) is 5.26. The van der Waals surface area contributed by atoms with E-state index in [0.29, 0.717) is 37.1 Å². The third-order valence-corrected chi connectivity index (χ3v) is 7.33. The van der Waals surface area contributed by atoms with Crippen LogP contribution in [0.3, 0.4) is 0 Å². The first-order chi connectivity index (χ1) is 17.7. The van der Waals surface area contributed by atoms with Crippen LogP contribution in [0.15, 0.2) is 30.5 Å². The summed E-state index contributed by atoms with van der Waals surface area (Å²) in [5.74, 6) is -3.84. The number of aryl methyl sites for hydroxylation is 2. The van der Waals surface area contributed by atoms with Crippen LogP contribution in [0.4, 0.5) is 14.6 Å². The van der Waals surface area contributed by atoms with Gasteiger partial charge in [0.15, 0.2) is 0 Å². The molecule has 7 nitrogen and oxygen atoms in total. The number of hydrogen-bond donors (Lipinski definition) is 2. The molecule has 0 aliphatic carbocycles. The van der Waals surface area contributed by atoms with Crippen LogP contribution < -0.4 is 5.32 Å². The number of alkyl halides is 2. The van der Waals surface area contributed by atoms with Crippen LogP contribution in [0.5, 0.6) is 0 Å². The zero-order valence-electron chi connectivity index (χ0n) is 21.8. The quantitative estimate of drug-likeness (QED) is 0.372. The molecule has 2 atom stereocenters. The van der Waals surface area contributed by atoms with Crippen LogP contribution in [0.25, 0.3) is 0 Å². The number of carboxylic acids is 1. The first kappa shape index (κ1) is 27.4. The maximum absolute atomic E-state index is 15.2. The number of hydrogen-bond acceptors (Lipinski definition) is 6. The number of nitrogens with zero attached hydrogens (tertiary/aromatic N) is 3. The number of aromatic nitrogens is 2. The summed E-state index contributed by atoms with van der Waals surface area (Å²) < 4.78 is 36.0. The molecule has 2 aliphatic heterocycles. The van der Waals surface area contributed by atoms with Gasteiger partial charge in [-0.05, 0) is 76.6 Å². The number of unbranched alkanes of at least 4 members (excludes halogenated alkanes) is 1. The molecule has 0 spiro atoms. The Hall–Kier alpha value is -2.65. The van der Waals surface area contributed by atoms with Gasteiger partial charge in [0.1, 0.15) is 11.9 Å². The van der Waals surface area contributed by atoms with E-state index in [-0.39, 0.29) is 32.1 Å². The molecule has 2 aromatic heterocycles. The SMILES string of the molecule is CC(C)OCc1ncccc1[C@@H](C(=O)O)N1CC[C@@H](C(F)(F)CCCCc2ccc3c(n2)NCCC3)C1. The minimum Gasteiger partial charge on any atom is -0.480 e. The molecule has 0 saturated carbocycles. The average Bonchev–Trinajstić information content (AvgIpc) is 3.36. The zero-order chi connectivity index (χ0) is 26.4. The summed E-state index contributed by atoms with van der Waals surface area (Å²) in [6, 6.07) is 6.46. The summed E-state index contributed by atoms with van der Waals surface area (Å²) in [5, 5.41) is 13.3. The Morgan fingerprint density at radius 3 is 2.92 bits per heavy atom. The lowest BCUT2D eigenvalue weighted by atomic mass is 9.95. The van der Waals surface area contributed by atoms with Crippen LogP contribution in [0, 0.1) is 5.92 Å². The number of pyridine rings is 2. The standard InChI is InChI=1S/C28H38F2N4O3/c1-19(2)37-18-24-23(9-6-14-31-24)25(27(35)36)34-16-12-21(17-34)28(29,30)13-4-3-8-22-11-10-20-7-5-15-32-26(20)33-22/h6,9-11,14,19,21,25H,3-5,7-8,12-13,15-18H2,1-2H3,(H,32,33)(H,35,36)/t21-,25+/m1/s1. The van der Waals surface area contributed by atoms with Crippen molar-refractivity contribution in [3.05, 3.63) is 53.0 Å². The lowest BCUT2D eigenvalue weighted by Gasteiger charge is -2.28. The van der Waals surface area contributed by atoms with Crippen molar-refractivity contribution >= 4 is 11.8 Å². The second-order valence-corrected chi connectivity index (χ2v) is 10.4. The minimum absolute atomic E-state index is 0.0346. The first-order valence-electron chi connectivity index (χ1n) is 13.4. The molecule has 37 heavy (non-hydrogen) atoms. The lowest BCUT2D eigenvalue weighted by molar-refractivity contribution is -0.143. The van der Waals surface area contributed by atoms with Crippen LogP contribution in [-0.2, 0) is 29.0 Å². The highest BCUT2D eigenvalue weighted by molar-refractivity contribution is 5.76. The van der Waals surface area contributed by atoms with Gasteiger partial charge >= 0.3 is 5.97 Å². The van der Waals surface area contributed by atoms with Gasteiger partial charge in [0, 0.05) is 42.9 Å². The highest BCUT2D eigenvalue weighted by atomic mass is 19.3. The van der Waals surface area contributed by atoms with Crippen molar-refractivity contribution in [3.63, 3.8) is 0 Å². The van der Waals surface area contributed by atoms with Crippen molar-refractivity contribution < 1.29 is 23.4 Å². The second-order valence-electron chi connectivity index (χ2n) is 10.4. The van der Waals surface area contributed by atoms with E-state index in [9.17, 15) is 9.90 Å². The molecule has 0 bridgehead atoms. The van der Waals surface area contributed by atoms with E-state index in [1.165, 1.54) is 5.56 Å². The summed E-state index contributed by atoms with van der Waals surface area (Å²) in [6.07, 6.45) is 5.47. The van der Waals surface area contributed by atoms with E-state index in [2.05, 4.69) is 21.4 Å². The molecule has 0 amide bonds. The molecule has 2 aliphatic rings. The van der Waals surface area contributed by atoms with Crippen LogP contribution in [-0.4, -0.2) is 57.6 Å². The van der Waals surface area contributed by atoms with E-state index in [0.717, 1.165) is 30.9 Å². The topological polar surface area (TPSA) is 87.6 Å². The number of aliphatic carboxylic acids is 1. The molecule has 4 rings (SSSR count). The van der Waals surface area contributed by atoms with E-state index in [1.807, 2.05) is 19.9 Å². The van der Waals surface area contributed by atoms with Crippen LogP contribution in [0.2, 0.25) is 0 Å². The molecule has 202 valence electrons. The van der Waals surface area contributed by atoms with Gasteiger partial charge in [-0.1, -0.05) is 12.1 Å². The molecule has 0 unspecified atom stereocenters. The highest BCUT2D eigenvalue weighted by Gasteiger charge is 2.45. The Labute approximate surface area is 217 Å². The molecule has 0 radical (unpaired) electrons. The largest absolute Gasteiger partial charge is 0.480 e. The van der Waals surface area contributed by atoms with E-state index < -0.39 is 23.9 Å². The Morgan fingerprint density at radius 1 is 1.30 bits per heavy atom. The van der Waals surface area contributed by atoms with Gasteiger partial charge in [-0.25, -0.2) is 13.8 Å². The Morgan fingerprint density at radius 2 is 2.14 bits per heavy atom. The number of halogens is 2. The minimum atomic E-state index is -2.85. The molecule has 9 heteroatoms. The Bertz CT molecular complexity index is 1070. The van der Waals surface area contributed by atoms with Crippen molar-refractivity contribution in [2.24, 2.45) is 5.92 Å². The summed E-state index contributed by atoms with van der Waals surface area (Å²) in [6.45, 7) is 5.24. The first-order valence-corrected chi connectivity index (χ1v) is 13.4. The van der Waals surface area contributed by atoms with Crippen molar-refractivity contribution in [3.8, 4) is 0 Å². The number of ether oxygens (including phenoxy) is 1. The van der Waals surface area contributed by atoms with E-state index in [1.54, 1.807) is 23.2 Å².